The summed E-state index contributed by atoms with van der Waals surface area (Å²) in [5.74, 6) is 0.802. The van der Waals surface area contributed by atoms with E-state index in [2.05, 4.69) is 0 Å². The van der Waals surface area contributed by atoms with Crippen LogP contribution in [0.2, 0.25) is 0 Å². The van der Waals surface area contributed by atoms with Crippen LogP contribution in [0.15, 0.2) is 24.3 Å². The summed E-state index contributed by atoms with van der Waals surface area (Å²) < 4.78 is 5.12. The minimum Gasteiger partial charge on any atom is -0.497 e. The number of methoxy groups -OCH3 is 1. The van der Waals surface area contributed by atoms with Gasteiger partial charge in [0.05, 0.1) is 13.0 Å². The van der Waals surface area contributed by atoms with Gasteiger partial charge >= 0.3 is 0 Å². The average molecular weight is 250 g/mol. The smallest absolute Gasteiger partial charge is 0.229 e. The van der Waals surface area contributed by atoms with Gasteiger partial charge in [0.2, 0.25) is 5.91 Å². The van der Waals surface area contributed by atoms with Crippen LogP contribution in [0.3, 0.4) is 0 Å². The van der Waals surface area contributed by atoms with Gasteiger partial charge in [0.25, 0.3) is 0 Å². The molecule has 0 spiro atoms. The highest BCUT2D eigenvalue weighted by molar-refractivity contribution is 5.83. The first-order valence-electron chi connectivity index (χ1n) is 6.15. The van der Waals surface area contributed by atoms with Crippen LogP contribution in [0.5, 0.6) is 5.75 Å². The Bertz CT molecular complexity index is 374. The van der Waals surface area contributed by atoms with Crippen molar-refractivity contribution >= 4 is 5.91 Å². The van der Waals surface area contributed by atoms with E-state index >= 15 is 0 Å². The molecule has 1 atom stereocenters. The predicted octanol–water partition coefficient (Wildman–Crippen LogP) is 1.61. The van der Waals surface area contributed by atoms with Crippen molar-refractivity contribution in [1.82, 2.24) is 4.90 Å². The molecule has 0 saturated heterocycles. The molecule has 1 rings (SSSR count). The second kappa shape index (κ2) is 7.01. The summed E-state index contributed by atoms with van der Waals surface area (Å²) in [4.78, 5) is 13.8. The minimum atomic E-state index is -0.116. The molecule has 0 saturated carbocycles. The van der Waals surface area contributed by atoms with Crippen LogP contribution in [-0.4, -0.2) is 38.6 Å². The molecule has 2 N–H and O–H groups in total. The largest absolute Gasteiger partial charge is 0.497 e. The third-order valence-electron chi connectivity index (χ3n) is 2.95. The Kier molecular flexibility index (Phi) is 5.65. The standard InChI is InChI=1S/C14H22N2O2/c1-16(2)14(17)13(5-4-10-15)11-6-8-12(18-3)9-7-11/h6-9,13H,4-5,10,15H2,1-3H3. The maximum atomic E-state index is 12.2. The monoisotopic (exact) mass is 250 g/mol. The van der Waals surface area contributed by atoms with E-state index in [0.717, 1.165) is 24.2 Å². The fraction of sp³-hybridized carbons (Fsp3) is 0.500. The Labute approximate surface area is 109 Å². The Morgan fingerprint density at radius 3 is 2.39 bits per heavy atom. The molecule has 0 aliphatic rings. The molecule has 1 amide bonds. The van der Waals surface area contributed by atoms with Gasteiger partial charge in [-0.1, -0.05) is 12.1 Å². The number of carbonyl (C=O) groups excluding carboxylic acids is 1. The van der Waals surface area contributed by atoms with Crippen molar-refractivity contribution in [3.05, 3.63) is 29.8 Å². The Hall–Kier alpha value is -1.55. The van der Waals surface area contributed by atoms with E-state index in [1.807, 2.05) is 24.3 Å². The Balaban J connectivity index is 2.89. The molecule has 1 unspecified atom stereocenters. The highest BCUT2D eigenvalue weighted by Crippen LogP contribution is 2.25. The summed E-state index contributed by atoms with van der Waals surface area (Å²) in [6.07, 6.45) is 1.62. The quantitative estimate of drug-likeness (QED) is 0.834. The third-order valence-corrected chi connectivity index (χ3v) is 2.95. The first kappa shape index (κ1) is 14.5. The van der Waals surface area contributed by atoms with Crippen molar-refractivity contribution < 1.29 is 9.53 Å². The van der Waals surface area contributed by atoms with Crippen molar-refractivity contribution in [3.63, 3.8) is 0 Å². The number of hydrogen-bond acceptors (Lipinski definition) is 3. The van der Waals surface area contributed by atoms with E-state index in [-0.39, 0.29) is 11.8 Å². The zero-order chi connectivity index (χ0) is 13.5. The lowest BCUT2D eigenvalue weighted by atomic mass is 9.93. The van der Waals surface area contributed by atoms with Crippen LogP contribution in [0, 0.1) is 0 Å². The van der Waals surface area contributed by atoms with Gasteiger partial charge in [-0.25, -0.2) is 0 Å². The summed E-state index contributed by atoms with van der Waals surface area (Å²) in [7, 11) is 5.19. The van der Waals surface area contributed by atoms with Crippen molar-refractivity contribution in [2.45, 2.75) is 18.8 Å². The van der Waals surface area contributed by atoms with Gasteiger partial charge in [-0.15, -0.1) is 0 Å². The Morgan fingerprint density at radius 2 is 1.94 bits per heavy atom. The molecule has 4 nitrogen and oxygen atoms in total. The third kappa shape index (κ3) is 3.74. The molecular weight excluding hydrogens is 228 g/mol. The van der Waals surface area contributed by atoms with Crippen LogP contribution >= 0.6 is 0 Å². The number of nitrogens with zero attached hydrogens (tertiary/aromatic N) is 1. The fourth-order valence-electron chi connectivity index (χ4n) is 1.90. The summed E-state index contributed by atoms with van der Waals surface area (Å²) in [5.41, 5.74) is 6.55. The molecule has 100 valence electrons. The summed E-state index contributed by atoms with van der Waals surface area (Å²) >= 11 is 0. The van der Waals surface area contributed by atoms with E-state index in [1.165, 1.54) is 0 Å². The number of hydrogen-bond donors (Lipinski definition) is 1. The van der Waals surface area contributed by atoms with E-state index in [9.17, 15) is 4.79 Å². The minimum absolute atomic E-state index is 0.116. The molecule has 0 aliphatic heterocycles. The van der Waals surface area contributed by atoms with Crippen LogP contribution in [0.25, 0.3) is 0 Å². The SMILES string of the molecule is COc1ccc(C(CCCN)C(=O)N(C)C)cc1. The molecule has 0 aliphatic carbocycles. The van der Waals surface area contributed by atoms with Crippen LogP contribution in [0.1, 0.15) is 24.3 Å². The lowest BCUT2D eigenvalue weighted by Gasteiger charge is -2.21. The van der Waals surface area contributed by atoms with E-state index in [1.54, 1.807) is 26.1 Å². The van der Waals surface area contributed by atoms with Gasteiger partial charge in [0.1, 0.15) is 5.75 Å². The first-order chi connectivity index (χ1) is 8.60. The normalized spacial score (nSPS) is 12.0. The Morgan fingerprint density at radius 1 is 1.33 bits per heavy atom. The summed E-state index contributed by atoms with van der Waals surface area (Å²) in [6.45, 7) is 0.605. The van der Waals surface area contributed by atoms with Gasteiger partial charge in [-0.05, 0) is 37.1 Å². The first-order valence-corrected chi connectivity index (χ1v) is 6.15. The van der Waals surface area contributed by atoms with Gasteiger partial charge in [0.15, 0.2) is 0 Å². The van der Waals surface area contributed by atoms with Crippen molar-refractivity contribution in [2.24, 2.45) is 5.73 Å². The highest BCUT2D eigenvalue weighted by Gasteiger charge is 2.21. The van der Waals surface area contributed by atoms with Crippen LogP contribution in [0.4, 0.5) is 0 Å². The second-order valence-corrected chi connectivity index (χ2v) is 4.49. The maximum absolute atomic E-state index is 12.2. The van der Waals surface area contributed by atoms with Crippen molar-refractivity contribution in [1.29, 1.82) is 0 Å². The average Bonchev–Trinajstić information content (AvgIpc) is 2.39. The molecule has 0 radical (unpaired) electrons. The number of ether oxygens (including phenoxy) is 1. The highest BCUT2D eigenvalue weighted by atomic mass is 16.5. The molecule has 1 aromatic rings. The lowest BCUT2D eigenvalue weighted by molar-refractivity contribution is -0.130. The summed E-state index contributed by atoms with van der Waals surface area (Å²) in [6, 6.07) is 7.66. The van der Waals surface area contributed by atoms with E-state index in [0.29, 0.717) is 6.54 Å². The topological polar surface area (TPSA) is 55.6 Å². The molecule has 18 heavy (non-hydrogen) atoms. The van der Waals surface area contributed by atoms with Gasteiger partial charge in [-0.3, -0.25) is 4.79 Å². The number of rotatable bonds is 6. The van der Waals surface area contributed by atoms with Crippen molar-refractivity contribution in [3.8, 4) is 5.75 Å². The molecule has 0 bridgehead atoms. The second-order valence-electron chi connectivity index (χ2n) is 4.49. The number of carbonyl (C=O) groups is 1. The molecule has 0 aromatic heterocycles. The number of likely N-dealkylation sites (N-methyl/N-ethyl adjacent to an activating group) is 1. The van der Waals surface area contributed by atoms with Crippen LogP contribution in [-0.2, 0) is 4.79 Å². The predicted molar refractivity (Wildman–Crippen MR) is 72.7 cm³/mol. The molecule has 0 heterocycles. The van der Waals surface area contributed by atoms with Crippen LogP contribution < -0.4 is 10.5 Å². The molecule has 0 fully saturated rings. The molecular formula is C14H22N2O2. The van der Waals surface area contributed by atoms with Gasteiger partial charge in [-0.2, -0.15) is 0 Å². The zero-order valence-corrected chi connectivity index (χ0v) is 11.3. The lowest BCUT2D eigenvalue weighted by Crippen LogP contribution is -2.28. The molecule has 1 aromatic carbocycles. The van der Waals surface area contributed by atoms with E-state index in [4.69, 9.17) is 10.5 Å². The van der Waals surface area contributed by atoms with E-state index < -0.39 is 0 Å². The van der Waals surface area contributed by atoms with Crippen molar-refractivity contribution in [2.75, 3.05) is 27.7 Å². The number of nitrogens with two attached hydrogens (primary N) is 1. The number of benzene rings is 1. The zero-order valence-electron chi connectivity index (χ0n) is 11.3. The van der Waals surface area contributed by atoms with Gasteiger partial charge in [0, 0.05) is 14.1 Å². The summed E-state index contributed by atoms with van der Waals surface area (Å²) in [5, 5.41) is 0. The fourth-order valence-corrected chi connectivity index (χ4v) is 1.90. The van der Waals surface area contributed by atoms with Gasteiger partial charge < -0.3 is 15.4 Å². The maximum Gasteiger partial charge on any atom is 0.229 e. The molecule has 4 heteroatoms. The number of amides is 1.